The number of alkyl halides is 3. The van der Waals surface area contributed by atoms with Gasteiger partial charge in [-0.25, -0.2) is 4.79 Å². The maximum Gasteiger partial charge on any atom is 0.490 e. The standard InChI is InChI=1S/C24H30N6O3.C2HF3O2/c25-22(32)20(16-18-10-5-2-6-11-18)30-23(33)19(12-7-15-28-24(26)27)29-21(31)14-13-17-8-3-1-4-9-17;3-2(4,5)1(6)7/h1-6,8-11,13-14,19-20H,7,12,15-16H2,(H2,25,32)(H,29,31)(H,30,33)(H4,26,27,28);(H,6,7)/b14-13+;/t19-,20+;/m1./s1. The molecule has 9 N–H and O–H groups in total. The number of halogens is 3. The number of nitrogens with one attached hydrogen (secondary N) is 2. The average Bonchev–Trinajstić information content (AvgIpc) is 2.89. The van der Waals surface area contributed by atoms with E-state index >= 15 is 0 Å². The molecular formula is C26H31F3N6O5. The van der Waals surface area contributed by atoms with Crippen LogP contribution in [0.25, 0.3) is 6.08 Å². The highest BCUT2D eigenvalue weighted by molar-refractivity contribution is 5.96. The molecule has 0 aromatic heterocycles. The Labute approximate surface area is 228 Å². The number of aliphatic carboxylic acids is 1. The number of primary amides is 1. The SMILES string of the molecule is NC(=O)[C@H](Cc1ccccc1)NC(=O)[C@@H](CCCN=C(N)N)NC(=O)/C=C/c1ccccc1.O=C(O)C(F)(F)F. The Morgan fingerprint density at radius 3 is 1.95 bits per heavy atom. The minimum Gasteiger partial charge on any atom is -0.475 e. The number of carbonyl (C=O) groups is 4. The second-order valence-electron chi connectivity index (χ2n) is 8.21. The number of guanidine groups is 1. The lowest BCUT2D eigenvalue weighted by Gasteiger charge is -2.21. The molecule has 0 spiro atoms. The molecule has 216 valence electrons. The summed E-state index contributed by atoms with van der Waals surface area (Å²) in [5.74, 6) is -4.43. The molecule has 0 aliphatic rings. The summed E-state index contributed by atoms with van der Waals surface area (Å²) >= 11 is 0. The number of nitrogens with two attached hydrogens (primary N) is 3. The van der Waals surface area contributed by atoms with E-state index in [4.69, 9.17) is 27.1 Å². The van der Waals surface area contributed by atoms with E-state index < -0.39 is 42.0 Å². The molecule has 2 aromatic carbocycles. The molecule has 0 unspecified atom stereocenters. The number of amides is 3. The molecular weight excluding hydrogens is 533 g/mol. The van der Waals surface area contributed by atoms with Gasteiger partial charge in [-0.05, 0) is 30.0 Å². The number of benzene rings is 2. The summed E-state index contributed by atoms with van der Waals surface area (Å²) in [6.07, 6.45) is -1.14. The van der Waals surface area contributed by atoms with Crippen molar-refractivity contribution in [2.45, 2.75) is 37.5 Å². The van der Waals surface area contributed by atoms with Gasteiger partial charge < -0.3 is 32.9 Å². The van der Waals surface area contributed by atoms with Crippen molar-refractivity contribution in [2.75, 3.05) is 6.54 Å². The summed E-state index contributed by atoms with van der Waals surface area (Å²) in [7, 11) is 0. The summed E-state index contributed by atoms with van der Waals surface area (Å²) < 4.78 is 31.7. The Morgan fingerprint density at radius 1 is 0.900 bits per heavy atom. The van der Waals surface area contributed by atoms with Gasteiger partial charge in [0.25, 0.3) is 0 Å². The fraction of sp³-hybridized carbons (Fsp3) is 0.269. The number of hydrogen-bond donors (Lipinski definition) is 6. The van der Waals surface area contributed by atoms with Crippen LogP contribution in [0, 0.1) is 0 Å². The smallest absolute Gasteiger partial charge is 0.475 e. The third-order valence-electron chi connectivity index (χ3n) is 4.99. The third-order valence-corrected chi connectivity index (χ3v) is 4.99. The minimum atomic E-state index is -5.08. The van der Waals surface area contributed by atoms with Gasteiger partial charge in [0.2, 0.25) is 17.7 Å². The fourth-order valence-corrected chi connectivity index (χ4v) is 3.07. The second kappa shape index (κ2) is 16.9. The first kappa shape index (κ1) is 33.1. The van der Waals surface area contributed by atoms with Crippen LogP contribution in [0.1, 0.15) is 24.0 Å². The predicted molar refractivity (Wildman–Crippen MR) is 142 cm³/mol. The van der Waals surface area contributed by atoms with Crippen LogP contribution in [0.4, 0.5) is 13.2 Å². The van der Waals surface area contributed by atoms with Gasteiger partial charge >= 0.3 is 12.1 Å². The molecule has 0 radical (unpaired) electrons. The summed E-state index contributed by atoms with van der Waals surface area (Å²) in [5.41, 5.74) is 17.9. The second-order valence-corrected chi connectivity index (χ2v) is 8.21. The van der Waals surface area contributed by atoms with Crippen LogP contribution in [-0.2, 0) is 25.6 Å². The van der Waals surface area contributed by atoms with Crippen LogP contribution in [0.15, 0.2) is 71.7 Å². The highest BCUT2D eigenvalue weighted by Crippen LogP contribution is 2.13. The summed E-state index contributed by atoms with van der Waals surface area (Å²) in [4.78, 5) is 50.1. The molecule has 0 bridgehead atoms. The van der Waals surface area contributed by atoms with Gasteiger partial charge in [0, 0.05) is 19.0 Å². The van der Waals surface area contributed by atoms with Crippen molar-refractivity contribution in [3.05, 3.63) is 77.9 Å². The van der Waals surface area contributed by atoms with Crippen molar-refractivity contribution in [1.29, 1.82) is 0 Å². The van der Waals surface area contributed by atoms with Crippen LogP contribution in [0.3, 0.4) is 0 Å². The van der Waals surface area contributed by atoms with Gasteiger partial charge in [0.1, 0.15) is 12.1 Å². The van der Waals surface area contributed by atoms with E-state index in [1.807, 2.05) is 60.7 Å². The zero-order valence-corrected chi connectivity index (χ0v) is 21.3. The number of carboxylic acid groups (broad SMARTS) is 1. The molecule has 0 saturated heterocycles. The maximum absolute atomic E-state index is 12.9. The highest BCUT2D eigenvalue weighted by atomic mass is 19.4. The van der Waals surface area contributed by atoms with E-state index in [0.717, 1.165) is 11.1 Å². The molecule has 14 heteroatoms. The van der Waals surface area contributed by atoms with Crippen molar-refractivity contribution in [2.24, 2.45) is 22.2 Å². The largest absolute Gasteiger partial charge is 0.490 e. The number of rotatable bonds is 12. The van der Waals surface area contributed by atoms with Crippen LogP contribution < -0.4 is 27.8 Å². The Kier molecular flexibility index (Phi) is 14.0. The van der Waals surface area contributed by atoms with E-state index in [2.05, 4.69) is 15.6 Å². The number of aliphatic imine (C=N–C) groups is 1. The molecule has 0 saturated carbocycles. The van der Waals surface area contributed by atoms with Crippen molar-refractivity contribution in [1.82, 2.24) is 10.6 Å². The first-order valence-corrected chi connectivity index (χ1v) is 11.8. The number of hydrogen-bond acceptors (Lipinski definition) is 5. The first-order valence-electron chi connectivity index (χ1n) is 11.8. The van der Waals surface area contributed by atoms with Crippen LogP contribution >= 0.6 is 0 Å². The Hall–Kier alpha value is -4.88. The van der Waals surface area contributed by atoms with Gasteiger partial charge in [0.05, 0.1) is 0 Å². The van der Waals surface area contributed by atoms with Crippen LogP contribution in [0.2, 0.25) is 0 Å². The zero-order valence-electron chi connectivity index (χ0n) is 21.3. The van der Waals surface area contributed by atoms with Crippen molar-refractivity contribution in [3.63, 3.8) is 0 Å². The average molecular weight is 565 g/mol. The Morgan fingerprint density at radius 2 is 1.45 bits per heavy atom. The van der Waals surface area contributed by atoms with Gasteiger partial charge in [-0.15, -0.1) is 0 Å². The van der Waals surface area contributed by atoms with E-state index in [1.54, 1.807) is 6.08 Å². The van der Waals surface area contributed by atoms with Crippen LogP contribution in [-0.4, -0.2) is 59.6 Å². The molecule has 0 aliphatic carbocycles. The minimum absolute atomic E-state index is 0.0533. The van der Waals surface area contributed by atoms with Crippen molar-refractivity contribution < 1.29 is 37.5 Å². The molecule has 0 aliphatic heterocycles. The van der Waals surface area contributed by atoms with E-state index in [9.17, 15) is 27.6 Å². The maximum atomic E-state index is 12.9. The highest BCUT2D eigenvalue weighted by Gasteiger charge is 2.38. The van der Waals surface area contributed by atoms with Gasteiger partial charge in [-0.2, -0.15) is 13.2 Å². The lowest BCUT2D eigenvalue weighted by molar-refractivity contribution is -0.192. The lowest BCUT2D eigenvalue weighted by atomic mass is 10.0. The van der Waals surface area contributed by atoms with Crippen LogP contribution in [0.5, 0.6) is 0 Å². The molecule has 0 heterocycles. The third kappa shape index (κ3) is 14.2. The Balaban J connectivity index is 0.00000101. The van der Waals surface area contributed by atoms with Crippen molar-refractivity contribution in [3.8, 4) is 0 Å². The molecule has 2 rings (SSSR count). The van der Waals surface area contributed by atoms with Gasteiger partial charge in [-0.3, -0.25) is 19.4 Å². The monoisotopic (exact) mass is 564 g/mol. The predicted octanol–water partition coefficient (Wildman–Crippen LogP) is 1.08. The molecule has 2 aromatic rings. The number of nitrogens with zero attached hydrogens (tertiary/aromatic N) is 1. The zero-order chi connectivity index (χ0) is 30.1. The summed E-state index contributed by atoms with van der Waals surface area (Å²) in [5, 5.41) is 12.5. The first-order chi connectivity index (χ1) is 18.8. The number of carbonyl (C=O) groups excluding carboxylic acids is 3. The molecule has 40 heavy (non-hydrogen) atoms. The number of carboxylic acids is 1. The van der Waals surface area contributed by atoms with Gasteiger partial charge in [-0.1, -0.05) is 60.7 Å². The normalized spacial score (nSPS) is 12.3. The molecule has 11 nitrogen and oxygen atoms in total. The quantitative estimate of drug-likeness (QED) is 0.0957. The van der Waals surface area contributed by atoms with Crippen molar-refractivity contribution >= 4 is 35.7 Å². The summed E-state index contributed by atoms with van der Waals surface area (Å²) in [6, 6.07) is 16.7. The van der Waals surface area contributed by atoms with E-state index in [0.29, 0.717) is 13.0 Å². The molecule has 3 amide bonds. The van der Waals surface area contributed by atoms with E-state index in [1.165, 1.54) is 6.08 Å². The fourth-order valence-electron chi connectivity index (χ4n) is 3.07. The molecule has 0 fully saturated rings. The van der Waals surface area contributed by atoms with Gasteiger partial charge in [0.15, 0.2) is 5.96 Å². The Bertz CT molecular complexity index is 1170. The lowest BCUT2D eigenvalue weighted by Crippen LogP contribution is -2.53. The van der Waals surface area contributed by atoms with E-state index in [-0.39, 0.29) is 18.8 Å². The topological polar surface area (TPSA) is 203 Å². The summed E-state index contributed by atoms with van der Waals surface area (Å²) in [6.45, 7) is 0.297. The molecule has 2 atom stereocenters.